The van der Waals surface area contributed by atoms with Crippen LogP contribution in [0.15, 0.2) is 0 Å². The highest BCUT2D eigenvalue weighted by Crippen LogP contribution is 2.26. The molecule has 0 aliphatic heterocycles. The first-order valence-corrected chi connectivity index (χ1v) is 6.93. The van der Waals surface area contributed by atoms with Crippen LogP contribution in [0.25, 0.3) is 0 Å². The minimum Gasteiger partial charge on any atom is -0.393 e. The Morgan fingerprint density at radius 3 is 2.78 bits per heavy atom. The summed E-state index contributed by atoms with van der Waals surface area (Å²) < 4.78 is 0. The summed E-state index contributed by atoms with van der Waals surface area (Å²) >= 11 is 6.09. The Morgan fingerprint density at radius 1 is 1.39 bits per heavy atom. The number of nitrogens with one attached hydrogen (secondary N) is 1. The van der Waals surface area contributed by atoms with E-state index in [0.717, 1.165) is 49.4 Å². The van der Waals surface area contributed by atoms with Gasteiger partial charge < -0.3 is 10.4 Å². The van der Waals surface area contributed by atoms with Crippen LogP contribution < -0.4 is 5.32 Å². The molecule has 1 saturated carbocycles. The van der Waals surface area contributed by atoms with Crippen molar-refractivity contribution < 1.29 is 5.11 Å². The molecule has 0 radical (unpaired) electrons. The van der Waals surface area contributed by atoms with Crippen LogP contribution in [0.3, 0.4) is 0 Å². The summed E-state index contributed by atoms with van der Waals surface area (Å²) in [6.45, 7) is 4.78. The molecule has 100 valence electrons. The normalized spacial score (nSPS) is 23.3. The quantitative estimate of drug-likeness (QED) is 0.825. The lowest BCUT2D eigenvalue weighted by atomic mass is 10.1. The van der Waals surface area contributed by atoms with Crippen molar-refractivity contribution in [3.05, 3.63) is 16.5 Å². The highest BCUT2D eigenvalue weighted by atomic mass is 35.5. The Labute approximate surface area is 113 Å². The lowest BCUT2D eigenvalue weighted by Gasteiger charge is -2.14. The van der Waals surface area contributed by atoms with Gasteiger partial charge in [0.05, 0.1) is 6.10 Å². The number of aromatic nitrogens is 2. The van der Waals surface area contributed by atoms with E-state index < -0.39 is 0 Å². The monoisotopic (exact) mass is 269 g/mol. The van der Waals surface area contributed by atoms with Gasteiger partial charge in [-0.3, -0.25) is 0 Å². The zero-order valence-corrected chi connectivity index (χ0v) is 11.7. The van der Waals surface area contributed by atoms with Crippen molar-refractivity contribution in [2.24, 2.45) is 5.92 Å². The van der Waals surface area contributed by atoms with Gasteiger partial charge in [0.2, 0.25) is 0 Å². The molecule has 1 aliphatic carbocycles. The second kappa shape index (κ2) is 5.85. The molecular formula is C13H20ClN3O. The standard InChI is InChI=1S/C13H20ClN3O/c1-3-11-16-12(14)8(2)13(17-11)15-7-9-4-5-10(18)6-9/h9-10,18H,3-7H2,1-2H3,(H,15,16,17). The highest BCUT2D eigenvalue weighted by molar-refractivity contribution is 6.30. The first kappa shape index (κ1) is 13.6. The van der Waals surface area contributed by atoms with Gasteiger partial charge in [0.15, 0.2) is 0 Å². The first-order chi connectivity index (χ1) is 8.60. The summed E-state index contributed by atoms with van der Waals surface area (Å²) in [5.74, 6) is 2.12. The number of aryl methyl sites for hydroxylation is 1. The number of aliphatic hydroxyl groups is 1. The Kier molecular flexibility index (Phi) is 4.40. The van der Waals surface area contributed by atoms with Crippen LogP contribution >= 0.6 is 11.6 Å². The molecule has 2 unspecified atom stereocenters. The van der Waals surface area contributed by atoms with E-state index >= 15 is 0 Å². The Bertz CT molecular complexity index is 425. The number of rotatable bonds is 4. The van der Waals surface area contributed by atoms with Crippen LogP contribution in [-0.4, -0.2) is 27.7 Å². The van der Waals surface area contributed by atoms with Crippen molar-refractivity contribution in [2.45, 2.75) is 45.6 Å². The molecule has 18 heavy (non-hydrogen) atoms. The largest absolute Gasteiger partial charge is 0.393 e. The fraction of sp³-hybridized carbons (Fsp3) is 0.692. The number of anilines is 1. The molecule has 0 spiro atoms. The van der Waals surface area contributed by atoms with E-state index in [-0.39, 0.29) is 6.10 Å². The fourth-order valence-corrected chi connectivity index (χ4v) is 2.53. The molecule has 1 aromatic rings. The second-order valence-electron chi connectivity index (χ2n) is 4.97. The van der Waals surface area contributed by atoms with E-state index in [0.29, 0.717) is 11.1 Å². The predicted molar refractivity (Wildman–Crippen MR) is 73.0 cm³/mol. The maximum Gasteiger partial charge on any atom is 0.137 e. The summed E-state index contributed by atoms with van der Waals surface area (Å²) in [7, 11) is 0. The molecule has 0 saturated heterocycles. The van der Waals surface area contributed by atoms with Crippen LogP contribution in [-0.2, 0) is 6.42 Å². The van der Waals surface area contributed by atoms with Gasteiger partial charge in [-0.2, -0.15) is 0 Å². The van der Waals surface area contributed by atoms with Crippen LogP contribution in [0.5, 0.6) is 0 Å². The van der Waals surface area contributed by atoms with Crippen molar-refractivity contribution in [3.8, 4) is 0 Å². The van der Waals surface area contributed by atoms with E-state index in [9.17, 15) is 5.11 Å². The minimum absolute atomic E-state index is 0.127. The van der Waals surface area contributed by atoms with Crippen molar-refractivity contribution in [2.75, 3.05) is 11.9 Å². The number of hydrogen-bond donors (Lipinski definition) is 2. The molecule has 2 rings (SSSR count). The molecule has 0 bridgehead atoms. The summed E-state index contributed by atoms with van der Waals surface area (Å²) in [4.78, 5) is 8.68. The number of nitrogens with zero attached hydrogens (tertiary/aromatic N) is 2. The third-order valence-electron chi connectivity index (χ3n) is 3.52. The average Bonchev–Trinajstić information content (AvgIpc) is 2.77. The van der Waals surface area contributed by atoms with E-state index in [1.807, 2.05) is 13.8 Å². The molecule has 1 fully saturated rings. The maximum atomic E-state index is 9.50. The van der Waals surface area contributed by atoms with Gasteiger partial charge in [-0.05, 0) is 32.1 Å². The van der Waals surface area contributed by atoms with E-state index in [1.54, 1.807) is 0 Å². The second-order valence-corrected chi connectivity index (χ2v) is 5.33. The van der Waals surface area contributed by atoms with Gasteiger partial charge in [0.25, 0.3) is 0 Å². The molecule has 2 atom stereocenters. The lowest BCUT2D eigenvalue weighted by molar-refractivity contribution is 0.178. The topological polar surface area (TPSA) is 58.0 Å². The Balaban J connectivity index is 2.02. The van der Waals surface area contributed by atoms with E-state index in [2.05, 4.69) is 15.3 Å². The zero-order chi connectivity index (χ0) is 13.1. The van der Waals surface area contributed by atoms with Gasteiger partial charge in [-0.15, -0.1) is 0 Å². The Morgan fingerprint density at radius 2 is 2.17 bits per heavy atom. The maximum absolute atomic E-state index is 9.50. The van der Waals surface area contributed by atoms with Crippen LogP contribution in [0.1, 0.15) is 37.6 Å². The zero-order valence-electron chi connectivity index (χ0n) is 10.9. The molecule has 5 heteroatoms. The van der Waals surface area contributed by atoms with Crippen molar-refractivity contribution >= 4 is 17.4 Å². The Hall–Kier alpha value is -0.870. The molecule has 4 nitrogen and oxygen atoms in total. The number of aliphatic hydroxyl groups excluding tert-OH is 1. The smallest absolute Gasteiger partial charge is 0.137 e. The highest BCUT2D eigenvalue weighted by Gasteiger charge is 2.22. The molecule has 1 aliphatic rings. The molecule has 1 aromatic heterocycles. The summed E-state index contributed by atoms with van der Waals surface area (Å²) in [5, 5.41) is 13.4. The van der Waals surface area contributed by atoms with Gasteiger partial charge in [0, 0.05) is 18.5 Å². The molecular weight excluding hydrogens is 250 g/mol. The van der Waals surface area contributed by atoms with Crippen molar-refractivity contribution in [3.63, 3.8) is 0 Å². The SMILES string of the molecule is CCc1nc(Cl)c(C)c(NCC2CCC(O)C2)n1. The van der Waals surface area contributed by atoms with Crippen LogP contribution in [0.2, 0.25) is 5.15 Å². The lowest BCUT2D eigenvalue weighted by Crippen LogP contribution is -2.15. The molecule has 0 aromatic carbocycles. The van der Waals surface area contributed by atoms with Gasteiger partial charge in [-0.25, -0.2) is 9.97 Å². The molecule has 1 heterocycles. The van der Waals surface area contributed by atoms with Gasteiger partial charge >= 0.3 is 0 Å². The summed E-state index contributed by atoms with van der Waals surface area (Å²) in [5.41, 5.74) is 0.896. The van der Waals surface area contributed by atoms with E-state index in [1.165, 1.54) is 0 Å². The first-order valence-electron chi connectivity index (χ1n) is 6.55. The third-order valence-corrected chi connectivity index (χ3v) is 3.89. The van der Waals surface area contributed by atoms with Gasteiger partial charge in [0.1, 0.15) is 16.8 Å². The number of hydrogen-bond acceptors (Lipinski definition) is 4. The van der Waals surface area contributed by atoms with Crippen molar-refractivity contribution in [1.82, 2.24) is 9.97 Å². The number of halogens is 1. The predicted octanol–water partition coefficient (Wildman–Crippen LogP) is 2.57. The molecule has 0 amide bonds. The minimum atomic E-state index is -0.127. The van der Waals surface area contributed by atoms with Crippen LogP contribution in [0.4, 0.5) is 5.82 Å². The third kappa shape index (κ3) is 3.12. The summed E-state index contributed by atoms with van der Waals surface area (Å²) in [6, 6.07) is 0. The molecule has 2 N–H and O–H groups in total. The average molecular weight is 270 g/mol. The van der Waals surface area contributed by atoms with Crippen molar-refractivity contribution in [1.29, 1.82) is 0 Å². The fourth-order valence-electron chi connectivity index (χ4n) is 2.34. The summed E-state index contributed by atoms with van der Waals surface area (Å²) in [6.07, 6.45) is 3.52. The van der Waals surface area contributed by atoms with Gasteiger partial charge in [-0.1, -0.05) is 18.5 Å². The van der Waals surface area contributed by atoms with Crippen LogP contribution in [0, 0.1) is 12.8 Å². The van der Waals surface area contributed by atoms with E-state index in [4.69, 9.17) is 11.6 Å².